The predicted molar refractivity (Wildman–Crippen MR) is 94.6 cm³/mol. The highest BCUT2D eigenvalue weighted by atomic mass is 79.9. The zero-order valence-electron chi connectivity index (χ0n) is 12.7. The summed E-state index contributed by atoms with van der Waals surface area (Å²) in [5, 5.41) is 0. The second kappa shape index (κ2) is 6.84. The monoisotopic (exact) mass is 394 g/mol. The van der Waals surface area contributed by atoms with E-state index in [2.05, 4.69) is 15.9 Å². The number of fused-ring (bicyclic) bond motifs is 1. The number of rotatable bonds is 4. The molecular weight excluding hydrogens is 380 g/mol. The number of ether oxygens (including phenoxy) is 2. The molecule has 23 heavy (non-hydrogen) atoms. The summed E-state index contributed by atoms with van der Waals surface area (Å²) >= 11 is 5.09. The second-order valence-electron chi connectivity index (χ2n) is 5.01. The predicted octanol–water partition coefficient (Wildman–Crippen LogP) is 4.29. The Kier molecular flexibility index (Phi) is 4.82. The first-order chi connectivity index (χ1) is 11.1. The molecule has 0 fully saturated rings. The third kappa shape index (κ3) is 3.48. The van der Waals surface area contributed by atoms with E-state index in [9.17, 15) is 4.79 Å². The van der Waals surface area contributed by atoms with E-state index in [1.807, 2.05) is 30.3 Å². The number of methoxy groups -OCH3 is 1. The number of benzene rings is 1. The van der Waals surface area contributed by atoms with Crippen LogP contribution in [0, 0.1) is 6.92 Å². The zero-order valence-corrected chi connectivity index (χ0v) is 15.1. The van der Waals surface area contributed by atoms with Crippen molar-refractivity contribution in [2.75, 3.05) is 19.5 Å². The van der Waals surface area contributed by atoms with Gasteiger partial charge in [0.25, 0.3) is 0 Å². The van der Waals surface area contributed by atoms with Crippen molar-refractivity contribution >= 4 is 33.3 Å². The van der Waals surface area contributed by atoms with Gasteiger partial charge in [-0.2, -0.15) is 0 Å². The summed E-state index contributed by atoms with van der Waals surface area (Å²) in [6, 6.07) is 7.40. The van der Waals surface area contributed by atoms with Gasteiger partial charge in [0, 0.05) is 16.2 Å². The Morgan fingerprint density at radius 2 is 2.17 bits per heavy atom. The second-order valence-corrected chi connectivity index (χ2v) is 6.93. The number of thioether (sulfide) groups is 1. The van der Waals surface area contributed by atoms with Crippen molar-refractivity contribution in [1.82, 2.24) is 0 Å². The van der Waals surface area contributed by atoms with Crippen LogP contribution in [0.5, 0.6) is 11.5 Å². The van der Waals surface area contributed by atoms with Crippen LogP contribution in [0.15, 0.2) is 48.9 Å². The van der Waals surface area contributed by atoms with E-state index in [0.717, 1.165) is 26.4 Å². The summed E-state index contributed by atoms with van der Waals surface area (Å²) in [6.45, 7) is 2.09. The topological polar surface area (TPSA) is 48.7 Å². The molecule has 120 valence electrons. The molecular formula is C17H15BrO4S. The average Bonchev–Trinajstić information content (AvgIpc) is 2.53. The van der Waals surface area contributed by atoms with Crippen molar-refractivity contribution in [3.05, 3.63) is 56.6 Å². The standard InChI is InChI=1S/C17H15BrO4S/c1-10-7-15-16(17(19)22-10)11(5-6-23-15)9-21-14-4-3-12(20-2)8-13(14)18/h3-5,7-8H,6,9H2,1-2H3. The molecule has 1 aliphatic rings. The minimum Gasteiger partial charge on any atom is -0.497 e. The van der Waals surface area contributed by atoms with Gasteiger partial charge in [-0.25, -0.2) is 4.79 Å². The Labute approximate surface area is 146 Å². The molecule has 0 unspecified atom stereocenters. The van der Waals surface area contributed by atoms with Crippen LogP contribution in [0.25, 0.3) is 5.57 Å². The van der Waals surface area contributed by atoms with Gasteiger partial charge in [0.1, 0.15) is 23.9 Å². The minimum absolute atomic E-state index is 0.309. The molecule has 0 atom stereocenters. The van der Waals surface area contributed by atoms with Crippen molar-refractivity contribution in [1.29, 1.82) is 0 Å². The highest BCUT2D eigenvalue weighted by Crippen LogP contribution is 2.34. The molecule has 1 aromatic heterocycles. The quantitative estimate of drug-likeness (QED) is 0.773. The Bertz CT molecular complexity index is 826. The fourth-order valence-corrected chi connectivity index (χ4v) is 3.88. The van der Waals surface area contributed by atoms with Crippen LogP contribution in [-0.4, -0.2) is 19.5 Å². The molecule has 0 saturated heterocycles. The lowest BCUT2D eigenvalue weighted by molar-refractivity contribution is 0.363. The van der Waals surface area contributed by atoms with Crippen LogP contribution in [0.2, 0.25) is 0 Å². The van der Waals surface area contributed by atoms with Gasteiger partial charge in [-0.1, -0.05) is 6.08 Å². The zero-order chi connectivity index (χ0) is 16.4. The lowest BCUT2D eigenvalue weighted by Crippen LogP contribution is -2.15. The minimum atomic E-state index is -0.309. The first kappa shape index (κ1) is 16.2. The van der Waals surface area contributed by atoms with Gasteiger partial charge >= 0.3 is 5.63 Å². The van der Waals surface area contributed by atoms with Gasteiger partial charge in [-0.3, -0.25) is 0 Å². The van der Waals surface area contributed by atoms with Gasteiger partial charge in [-0.15, -0.1) is 11.8 Å². The van der Waals surface area contributed by atoms with Crippen LogP contribution < -0.4 is 15.1 Å². The van der Waals surface area contributed by atoms with Crippen molar-refractivity contribution in [2.45, 2.75) is 11.8 Å². The summed E-state index contributed by atoms with van der Waals surface area (Å²) in [5.74, 6) is 2.89. The number of halogens is 1. The van der Waals surface area contributed by atoms with Crippen LogP contribution >= 0.6 is 27.7 Å². The van der Waals surface area contributed by atoms with Crippen LogP contribution in [0.3, 0.4) is 0 Å². The van der Waals surface area contributed by atoms with E-state index in [4.69, 9.17) is 13.9 Å². The van der Waals surface area contributed by atoms with E-state index >= 15 is 0 Å². The molecule has 2 aromatic rings. The first-order valence-corrected chi connectivity index (χ1v) is 8.79. The molecule has 2 heterocycles. The highest BCUT2D eigenvalue weighted by molar-refractivity contribution is 9.10. The van der Waals surface area contributed by atoms with Crippen molar-refractivity contribution in [2.24, 2.45) is 0 Å². The van der Waals surface area contributed by atoms with Gasteiger partial charge in [0.05, 0.1) is 17.1 Å². The maximum atomic E-state index is 12.2. The average molecular weight is 395 g/mol. The maximum absolute atomic E-state index is 12.2. The van der Waals surface area contributed by atoms with E-state index in [-0.39, 0.29) is 5.63 Å². The van der Waals surface area contributed by atoms with Gasteiger partial charge in [-0.05, 0) is 47.1 Å². The van der Waals surface area contributed by atoms with Crippen molar-refractivity contribution < 1.29 is 13.9 Å². The van der Waals surface area contributed by atoms with Gasteiger partial charge in [0.2, 0.25) is 0 Å². The molecule has 0 amide bonds. The number of hydrogen-bond donors (Lipinski definition) is 0. The van der Waals surface area contributed by atoms with Crippen LogP contribution in [0.4, 0.5) is 0 Å². The molecule has 0 aliphatic carbocycles. The number of aryl methyl sites for hydroxylation is 1. The van der Waals surface area contributed by atoms with Crippen molar-refractivity contribution in [3.63, 3.8) is 0 Å². The molecule has 1 aromatic carbocycles. The Balaban J connectivity index is 1.83. The summed E-state index contributed by atoms with van der Waals surface area (Å²) < 4.78 is 17.0. The van der Waals surface area contributed by atoms with E-state index in [0.29, 0.717) is 23.7 Å². The van der Waals surface area contributed by atoms with E-state index < -0.39 is 0 Å². The van der Waals surface area contributed by atoms with Crippen LogP contribution in [0.1, 0.15) is 11.3 Å². The summed E-state index contributed by atoms with van der Waals surface area (Å²) in [4.78, 5) is 13.1. The lowest BCUT2D eigenvalue weighted by atomic mass is 10.1. The normalized spacial score (nSPS) is 13.3. The molecule has 0 saturated carbocycles. The maximum Gasteiger partial charge on any atom is 0.344 e. The number of hydrogen-bond acceptors (Lipinski definition) is 5. The molecule has 1 aliphatic heterocycles. The summed E-state index contributed by atoms with van der Waals surface area (Å²) in [6.07, 6.45) is 2.01. The highest BCUT2D eigenvalue weighted by Gasteiger charge is 2.19. The molecule has 3 rings (SSSR count). The fraction of sp³-hybridized carbons (Fsp3) is 0.235. The molecule has 0 radical (unpaired) electrons. The van der Waals surface area contributed by atoms with E-state index in [1.165, 1.54) is 0 Å². The Morgan fingerprint density at radius 3 is 2.91 bits per heavy atom. The van der Waals surface area contributed by atoms with Crippen LogP contribution in [-0.2, 0) is 0 Å². The largest absolute Gasteiger partial charge is 0.497 e. The summed E-state index contributed by atoms with van der Waals surface area (Å²) in [5.41, 5.74) is 1.16. The fourth-order valence-electron chi connectivity index (χ4n) is 2.33. The summed E-state index contributed by atoms with van der Waals surface area (Å²) in [7, 11) is 1.62. The lowest BCUT2D eigenvalue weighted by Gasteiger charge is -2.17. The van der Waals surface area contributed by atoms with Crippen molar-refractivity contribution in [3.8, 4) is 11.5 Å². The smallest absolute Gasteiger partial charge is 0.344 e. The molecule has 0 spiro atoms. The third-order valence-corrected chi connectivity index (χ3v) is 5.04. The van der Waals surface area contributed by atoms with E-state index in [1.54, 1.807) is 25.8 Å². The Morgan fingerprint density at radius 1 is 1.35 bits per heavy atom. The Hall–Kier alpha value is -1.66. The molecule has 0 bridgehead atoms. The third-order valence-electron chi connectivity index (χ3n) is 3.45. The van der Waals surface area contributed by atoms with Gasteiger partial charge in [0.15, 0.2) is 0 Å². The molecule has 0 N–H and O–H groups in total. The van der Waals surface area contributed by atoms with Gasteiger partial charge < -0.3 is 13.9 Å². The molecule has 4 nitrogen and oxygen atoms in total. The SMILES string of the molecule is COc1ccc(OCC2=CCSc3cc(C)oc(=O)c32)c(Br)c1. The first-order valence-electron chi connectivity index (χ1n) is 7.02. The molecule has 6 heteroatoms.